The number of likely N-dealkylation sites (tertiary alicyclic amines) is 1. The Morgan fingerprint density at radius 2 is 2.16 bits per heavy atom. The molecule has 3 unspecified atom stereocenters. The van der Waals surface area contributed by atoms with Gasteiger partial charge in [-0.1, -0.05) is 37.3 Å². The first-order valence-corrected chi connectivity index (χ1v) is 7.43. The molecule has 0 N–H and O–H groups in total. The van der Waals surface area contributed by atoms with Crippen LogP contribution >= 0.6 is 0 Å². The summed E-state index contributed by atoms with van der Waals surface area (Å²) in [6.45, 7) is 5.51. The van der Waals surface area contributed by atoms with Crippen LogP contribution in [0.1, 0.15) is 31.7 Å². The van der Waals surface area contributed by atoms with Crippen molar-refractivity contribution in [2.75, 3.05) is 13.1 Å². The number of hydrogen-bond donors (Lipinski definition) is 0. The van der Waals surface area contributed by atoms with Gasteiger partial charge in [-0.3, -0.25) is 4.90 Å². The highest BCUT2D eigenvalue weighted by atomic mass is 15.2. The third-order valence-electron chi connectivity index (χ3n) is 5.27. The highest BCUT2D eigenvalue weighted by Crippen LogP contribution is 2.52. The number of nitriles is 1. The lowest BCUT2D eigenvalue weighted by Crippen LogP contribution is -2.47. The van der Waals surface area contributed by atoms with Crippen molar-refractivity contribution in [1.82, 2.24) is 4.90 Å². The summed E-state index contributed by atoms with van der Waals surface area (Å²) in [7, 11) is 0. The van der Waals surface area contributed by atoms with Gasteiger partial charge in [-0.2, -0.15) is 5.26 Å². The first-order chi connectivity index (χ1) is 9.27. The molecule has 1 heterocycles. The van der Waals surface area contributed by atoms with Crippen LogP contribution in [0.4, 0.5) is 0 Å². The van der Waals surface area contributed by atoms with Crippen LogP contribution in [-0.4, -0.2) is 18.0 Å². The van der Waals surface area contributed by atoms with E-state index in [1.54, 1.807) is 0 Å². The third kappa shape index (κ3) is 2.17. The molecule has 2 aliphatic rings. The average molecular weight is 254 g/mol. The quantitative estimate of drug-likeness (QED) is 0.826. The molecular weight excluding hydrogens is 232 g/mol. The molecule has 2 bridgehead atoms. The summed E-state index contributed by atoms with van der Waals surface area (Å²) in [5.41, 5.74) is 1.66. The normalized spacial score (nSPS) is 34.1. The fourth-order valence-corrected chi connectivity index (χ4v) is 4.22. The van der Waals surface area contributed by atoms with Crippen molar-refractivity contribution < 1.29 is 0 Å². The topological polar surface area (TPSA) is 27.0 Å². The van der Waals surface area contributed by atoms with E-state index in [4.69, 9.17) is 0 Å². The zero-order valence-corrected chi connectivity index (χ0v) is 11.7. The Bertz CT molecular complexity index is 476. The van der Waals surface area contributed by atoms with Crippen LogP contribution in [-0.2, 0) is 6.54 Å². The Morgan fingerprint density at radius 3 is 2.84 bits per heavy atom. The van der Waals surface area contributed by atoms with Gasteiger partial charge in [0.05, 0.1) is 12.0 Å². The third-order valence-corrected chi connectivity index (χ3v) is 5.27. The summed E-state index contributed by atoms with van der Waals surface area (Å²) >= 11 is 0. The van der Waals surface area contributed by atoms with Crippen molar-refractivity contribution in [1.29, 1.82) is 5.26 Å². The van der Waals surface area contributed by atoms with Gasteiger partial charge >= 0.3 is 0 Å². The molecule has 1 aliphatic heterocycles. The maximum absolute atomic E-state index is 9.48. The van der Waals surface area contributed by atoms with Crippen LogP contribution in [0.25, 0.3) is 0 Å². The van der Waals surface area contributed by atoms with Crippen molar-refractivity contribution in [3.63, 3.8) is 0 Å². The van der Waals surface area contributed by atoms with Crippen molar-refractivity contribution >= 4 is 0 Å². The van der Waals surface area contributed by atoms with Crippen molar-refractivity contribution in [2.24, 2.45) is 17.3 Å². The van der Waals surface area contributed by atoms with Gasteiger partial charge in [0.25, 0.3) is 0 Å². The number of fused-ring (bicyclic) bond motifs is 2. The number of hydrogen-bond acceptors (Lipinski definition) is 2. The largest absolute Gasteiger partial charge is 0.298 e. The molecule has 1 saturated carbocycles. The van der Waals surface area contributed by atoms with Crippen molar-refractivity contribution in [3.8, 4) is 6.07 Å². The van der Waals surface area contributed by atoms with Gasteiger partial charge in [0.1, 0.15) is 0 Å². The van der Waals surface area contributed by atoms with Gasteiger partial charge in [0.15, 0.2) is 0 Å². The standard InChI is InChI=1S/C17H22N2/c1-2-17-9-8-15(16(17)10-18)12-19(13-17)11-14-6-4-3-5-7-14/h3-7,15-16H,2,8-9,11-13H2,1H3. The van der Waals surface area contributed by atoms with E-state index in [9.17, 15) is 5.26 Å². The van der Waals surface area contributed by atoms with E-state index in [0.717, 1.165) is 26.1 Å². The molecule has 2 fully saturated rings. The van der Waals surface area contributed by atoms with Gasteiger partial charge in [0, 0.05) is 19.6 Å². The minimum absolute atomic E-state index is 0.270. The molecule has 1 saturated heterocycles. The van der Waals surface area contributed by atoms with Crippen LogP contribution in [0.2, 0.25) is 0 Å². The minimum atomic E-state index is 0.270. The molecule has 1 aromatic carbocycles. The number of rotatable bonds is 3. The summed E-state index contributed by atoms with van der Waals surface area (Å²) in [6.07, 6.45) is 3.64. The first-order valence-electron chi connectivity index (χ1n) is 7.43. The molecule has 0 spiro atoms. The molecule has 100 valence electrons. The van der Waals surface area contributed by atoms with E-state index < -0.39 is 0 Å². The zero-order chi connectivity index (χ0) is 13.3. The minimum Gasteiger partial charge on any atom is -0.298 e. The second kappa shape index (κ2) is 4.98. The Morgan fingerprint density at radius 1 is 1.37 bits per heavy atom. The first kappa shape index (κ1) is 12.7. The molecule has 3 rings (SSSR count). The van der Waals surface area contributed by atoms with Crippen LogP contribution < -0.4 is 0 Å². The fraction of sp³-hybridized carbons (Fsp3) is 0.588. The molecular formula is C17H22N2. The summed E-state index contributed by atoms with van der Waals surface area (Å²) in [6, 6.07) is 13.3. The van der Waals surface area contributed by atoms with Crippen molar-refractivity contribution in [2.45, 2.75) is 32.7 Å². The molecule has 3 atom stereocenters. The van der Waals surface area contributed by atoms with E-state index >= 15 is 0 Å². The average Bonchev–Trinajstić information content (AvgIpc) is 2.67. The Balaban J connectivity index is 1.76. The zero-order valence-electron chi connectivity index (χ0n) is 11.7. The lowest BCUT2D eigenvalue weighted by atomic mass is 9.71. The lowest BCUT2D eigenvalue weighted by Gasteiger charge is -2.43. The van der Waals surface area contributed by atoms with E-state index in [2.05, 4.69) is 48.2 Å². The van der Waals surface area contributed by atoms with E-state index in [1.807, 2.05) is 0 Å². The second-order valence-corrected chi connectivity index (χ2v) is 6.28. The summed E-state index contributed by atoms with van der Waals surface area (Å²) in [5, 5.41) is 9.48. The van der Waals surface area contributed by atoms with E-state index in [1.165, 1.54) is 18.4 Å². The predicted molar refractivity (Wildman–Crippen MR) is 76.3 cm³/mol. The number of nitrogens with zero attached hydrogens (tertiary/aromatic N) is 2. The van der Waals surface area contributed by atoms with Gasteiger partial charge in [-0.25, -0.2) is 0 Å². The summed E-state index contributed by atoms with van der Waals surface area (Å²) in [5.74, 6) is 0.895. The van der Waals surface area contributed by atoms with Crippen molar-refractivity contribution in [3.05, 3.63) is 35.9 Å². The Labute approximate surface area is 116 Å². The maximum atomic E-state index is 9.48. The molecule has 19 heavy (non-hydrogen) atoms. The summed E-state index contributed by atoms with van der Waals surface area (Å²) in [4.78, 5) is 2.57. The van der Waals surface area contributed by atoms with Crippen LogP contribution in [0.3, 0.4) is 0 Å². The van der Waals surface area contributed by atoms with Gasteiger partial charge in [0.2, 0.25) is 0 Å². The molecule has 0 aromatic heterocycles. The monoisotopic (exact) mass is 254 g/mol. The van der Waals surface area contributed by atoms with Gasteiger partial charge in [-0.15, -0.1) is 0 Å². The molecule has 0 radical (unpaired) electrons. The lowest BCUT2D eigenvalue weighted by molar-refractivity contribution is 0.0510. The van der Waals surface area contributed by atoms with E-state index in [0.29, 0.717) is 11.8 Å². The molecule has 2 nitrogen and oxygen atoms in total. The SMILES string of the molecule is CCC12CCC(CN(Cc3ccccc3)C1)C2C#N. The highest BCUT2D eigenvalue weighted by Gasteiger charge is 2.51. The maximum Gasteiger partial charge on any atom is 0.0665 e. The van der Waals surface area contributed by atoms with E-state index in [-0.39, 0.29) is 5.41 Å². The van der Waals surface area contributed by atoms with Crippen LogP contribution in [0, 0.1) is 28.6 Å². The second-order valence-electron chi connectivity index (χ2n) is 6.28. The Hall–Kier alpha value is -1.33. The van der Waals surface area contributed by atoms with Crippen LogP contribution in [0.5, 0.6) is 0 Å². The molecule has 1 aliphatic carbocycles. The van der Waals surface area contributed by atoms with Crippen LogP contribution in [0.15, 0.2) is 30.3 Å². The molecule has 1 aromatic rings. The predicted octanol–water partition coefficient (Wildman–Crippen LogP) is 3.45. The van der Waals surface area contributed by atoms with Gasteiger partial charge < -0.3 is 0 Å². The molecule has 2 heteroatoms. The summed E-state index contributed by atoms with van der Waals surface area (Å²) < 4.78 is 0. The number of piperidine rings is 1. The smallest absolute Gasteiger partial charge is 0.0665 e. The molecule has 0 amide bonds. The fourth-order valence-electron chi connectivity index (χ4n) is 4.22. The number of benzene rings is 1. The highest BCUT2D eigenvalue weighted by molar-refractivity contribution is 5.16. The van der Waals surface area contributed by atoms with Gasteiger partial charge in [-0.05, 0) is 36.2 Å². The Kier molecular flexibility index (Phi) is 3.33.